The molecular weight excluding hydrogens is 302 g/mol. The number of hydrogen-bond donors (Lipinski definition) is 2. The Morgan fingerprint density at radius 3 is 2.41 bits per heavy atom. The predicted octanol–water partition coefficient (Wildman–Crippen LogP) is 0.653. The molecule has 1 atom stereocenters. The van der Waals surface area contributed by atoms with E-state index >= 15 is 0 Å². The van der Waals surface area contributed by atoms with E-state index < -0.39 is 10.0 Å². The highest BCUT2D eigenvalue weighted by Crippen LogP contribution is 2.12. The molecule has 1 aromatic rings. The van der Waals surface area contributed by atoms with Crippen LogP contribution in [0.25, 0.3) is 0 Å². The maximum Gasteiger partial charge on any atom is 0.234 e. The van der Waals surface area contributed by atoms with Crippen LogP contribution in [0.2, 0.25) is 0 Å². The average molecular weight is 327 g/mol. The Kier molecular flexibility index (Phi) is 6.99. The summed E-state index contributed by atoms with van der Waals surface area (Å²) in [5, 5.41) is 5.84. The summed E-state index contributed by atoms with van der Waals surface area (Å²) in [6.07, 6.45) is 1.16. The van der Waals surface area contributed by atoms with Gasteiger partial charge in [0.1, 0.15) is 0 Å². The maximum atomic E-state index is 11.8. The Labute approximate surface area is 132 Å². The number of likely N-dealkylation sites (N-methyl/N-ethyl adjacent to an activating group) is 1. The molecule has 0 spiro atoms. The summed E-state index contributed by atoms with van der Waals surface area (Å²) in [5.74, 6) is -0.116. The zero-order chi connectivity index (χ0) is 16.8. The monoisotopic (exact) mass is 327 g/mol. The van der Waals surface area contributed by atoms with Crippen LogP contribution in [0.15, 0.2) is 24.3 Å². The smallest absolute Gasteiger partial charge is 0.234 e. The first kappa shape index (κ1) is 18.6. The van der Waals surface area contributed by atoms with Gasteiger partial charge >= 0.3 is 0 Å². The predicted molar refractivity (Wildman–Crippen MR) is 88.1 cm³/mol. The van der Waals surface area contributed by atoms with Gasteiger partial charge in [0.05, 0.1) is 18.8 Å². The number of carbonyl (C=O) groups excluding carboxylic acids is 1. The molecule has 124 valence electrons. The molecule has 0 aliphatic carbocycles. The molecule has 7 heteroatoms. The van der Waals surface area contributed by atoms with Crippen LogP contribution in [-0.2, 0) is 14.8 Å². The molecule has 0 bridgehead atoms. The third kappa shape index (κ3) is 6.55. The average Bonchev–Trinajstić information content (AvgIpc) is 2.42. The quantitative estimate of drug-likeness (QED) is 0.687. The molecule has 0 aromatic heterocycles. The topological polar surface area (TPSA) is 78.5 Å². The lowest BCUT2D eigenvalue weighted by atomic mass is 10.1. The highest BCUT2D eigenvalue weighted by atomic mass is 32.2. The minimum atomic E-state index is -3.17. The Hall–Kier alpha value is -1.44. The number of nitrogens with one attached hydrogen (secondary N) is 2. The molecule has 2 N–H and O–H groups in total. The summed E-state index contributed by atoms with van der Waals surface area (Å²) >= 11 is 0. The Morgan fingerprint density at radius 2 is 1.86 bits per heavy atom. The molecule has 0 radical (unpaired) electrons. The fraction of sp³-hybridized carbons (Fsp3) is 0.533. The first-order valence-corrected chi connectivity index (χ1v) is 9.03. The second-order valence-corrected chi connectivity index (χ2v) is 7.55. The van der Waals surface area contributed by atoms with Crippen molar-refractivity contribution in [1.29, 1.82) is 0 Å². The minimum Gasteiger partial charge on any atom is -0.348 e. The standard InChI is InChI=1S/C15H25N3O3S/c1-12-5-7-14(8-6-12)13(2)17-15(19)11-16-9-10-18(3)22(4,20)21/h5-8,13,16H,9-11H2,1-4H3,(H,17,19)/t13-/m0/s1. The lowest BCUT2D eigenvalue weighted by Gasteiger charge is -2.16. The van der Waals surface area contributed by atoms with E-state index in [1.807, 2.05) is 38.1 Å². The number of sulfonamides is 1. The zero-order valence-electron chi connectivity index (χ0n) is 13.6. The Balaban J connectivity index is 2.30. The molecule has 22 heavy (non-hydrogen) atoms. The van der Waals surface area contributed by atoms with E-state index in [4.69, 9.17) is 0 Å². The van der Waals surface area contributed by atoms with Crippen LogP contribution in [0.4, 0.5) is 0 Å². The number of aryl methyl sites for hydroxylation is 1. The van der Waals surface area contributed by atoms with Crippen LogP contribution in [0, 0.1) is 6.92 Å². The van der Waals surface area contributed by atoms with Crippen molar-refractivity contribution >= 4 is 15.9 Å². The van der Waals surface area contributed by atoms with Gasteiger partial charge in [0.25, 0.3) is 0 Å². The van der Waals surface area contributed by atoms with E-state index in [0.717, 1.165) is 11.8 Å². The molecule has 0 aliphatic rings. The van der Waals surface area contributed by atoms with Crippen molar-refractivity contribution in [3.8, 4) is 0 Å². The Bertz CT molecular complexity index is 585. The molecule has 1 aromatic carbocycles. The fourth-order valence-electron chi connectivity index (χ4n) is 1.84. The van der Waals surface area contributed by atoms with Gasteiger partial charge in [-0.2, -0.15) is 0 Å². The molecule has 1 amide bonds. The summed E-state index contributed by atoms with van der Waals surface area (Å²) in [4.78, 5) is 11.8. The lowest BCUT2D eigenvalue weighted by molar-refractivity contribution is -0.120. The van der Waals surface area contributed by atoms with E-state index in [0.29, 0.717) is 13.1 Å². The highest BCUT2D eigenvalue weighted by Gasteiger charge is 2.11. The number of hydrogen-bond acceptors (Lipinski definition) is 4. The lowest BCUT2D eigenvalue weighted by Crippen LogP contribution is -2.39. The third-order valence-electron chi connectivity index (χ3n) is 3.41. The van der Waals surface area contributed by atoms with Crippen LogP contribution < -0.4 is 10.6 Å². The molecule has 0 aliphatic heterocycles. The minimum absolute atomic E-state index is 0.0615. The van der Waals surface area contributed by atoms with Crippen molar-refractivity contribution < 1.29 is 13.2 Å². The van der Waals surface area contributed by atoms with E-state index in [1.54, 1.807) is 0 Å². The van der Waals surface area contributed by atoms with Crippen LogP contribution in [-0.4, -0.2) is 51.6 Å². The first-order chi connectivity index (χ1) is 10.2. The molecule has 6 nitrogen and oxygen atoms in total. The number of carbonyl (C=O) groups is 1. The molecule has 1 rings (SSSR count). The molecule has 0 fully saturated rings. The van der Waals surface area contributed by atoms with Crippen molar-refractivity contribution in [2.75, 3.05) is 32.9 Å². The normalized spacial score (nSPS) is 13.1. The van der Waals surface area contributed by atoms with E-state index in [9.17, 15) is 13.2 Å². The van der Waals surface area contributed by atoms with Crippen molar-refractivity contribution in [2.24, 2.45) is 0 Å². The van der Waals surface area contributed by atoms with Crippen LogP contribution in [0.3, 0.4) is 0 Å². The molecule has 0 saturated heterocycles. The molecule has 0 saturated carbocycles. The van der Waals surface area contributed by atoms with Gasteiger partial charge < -0.3 is 10.6 Å². The van der Waals surface area contributed by atoms with Gasteiger partial charge in [0, 0.05) is 20.1 Å². The summed E-state index contributed by atoms with van der Waals surface area (Å²) in [5.41, 5.74) is 2.23. The van der Waals surface area contributed by atoms with E-state index in [-0.39, 0.29) is 18.5 Å². The van der Waals surface area contributed by atoms with Crippen LogP contribution >= 0.6 is 0 Å². The van der Waals surface area contributed by atoms with Gasteiger partial charge in [-0.3, -0.25) is 4.79 Å². The van der Waals surface area contributed by atoms with Crippen molar-refractivity contribution in [1.82, 2.24) is 14.9 Å². The largest absolute Gasteiger partial charge is 0.348 e. The van der Waals surface area contributed by atoms with Crippen molar-refractivity contribution in [3.63, 3.8) is 0 Å². The van der Waals surface area contributed by atoms with E-state index in [2.05, 4.69) is 10.6 Å². The van der Waals surface area contributed by atoms with Gasteiger partial charge in [-0.1, -0.05) is 29.8 Å². The van der Waals surface area contributed by atoms with Gasteiger partial charge in [-0.15, -0.1) is 0 Å². The third-order valence-corrected chi connectivity index (χ3v) is 4.72. The zero-order valence-corrected chi connectivity index (χ0v) is 14.4. The maximum absolute atomic E-state index is 11.8. The molecule has 0 heterocycles. The van der Waals surface area contributed by atoms with Gasteiger partial charge in [0.2, 0.25) is 15.9 Å². The SMILES string of the molecule is Cc1ccc([C@H](C)NC(=O)CNCCN(C)S(C)(=O)=O)cc1. The summed E-state index contributed by atoms with van der Waals surface area (Å²) in [6, 6.07) is 7.95. The highest BCUT2D eigenvalue weighted by molar-refractivity contribution is 7.88. The Morgan fingerprint density at radius 1 is 1.27 bits per heavy atom. The van der Waals surface area contributed by atoms with E-state index in [1.165, 1.54) is 16.9 Å². The summed E-state index contributed by atoms with van der Waals surface area (Å²) < 4.78 is 23.7. The first-order valence-electron chi connectivity index (χ1n) is 7.18. The van der Waals surface area contributed by atoms with Gasteiger partial charge in [-0.05, 0) is 19.4 Å². The second kappa shape index (κ2) is 8.26. The summed E-state index contributed by atoms with van der Waals surface area (Å²) in [6.45, 7) is 4.87. The van der Waals surface area contributed by atoms with Gasteiger partial charge in [0.15, 0.2) is 0 Å². The van der Waals surface area contributed by atoms with Gasteiger partial charge in [-0.25, -0.2) is 12.7 Å². The van der Waals surface area contributed by atoms with Crippen LogP contribution in [0.5, 0.6) is 0 Å². The fourth-order valence-corrected chi connectivity index (χ4v) is 2.26. The number of benzene rings is 1. The molecular formula is C15H25N3O3S. The summed E-state index contributed by atoms with van der Waals surface area (Å²) in [7, 11) is -1.66. The number of nitrogens with zero attached hydrogens (tertiary/aromatic N) is 1. The number of rotatable bonds is 8. The van der Waals surface area contributed by atoms with Crippen LogP contribution in [0.1, 0.15) is 24.1 Å². The number of amides is 1. The molecule has 0 unspecified atom stereocenters. The van der Waals surface area contributed by atoms with Crippen molar-refractivity contribution in [3.05, 3.63) is 35.4 Å². The van der Waals surface area contributed by atoms with Crippen molar-refractivity contribution in [2.45, 2.75) is 19.9 Å². The second-order valence-electron chi connectivity index (χ2n) is 5.46.